The highest BCUT2D eigenvalue weighted by atomic mass is 79.9. The van der Waals surface area contributed by atoms with E-state index in [1.807, 2.05) is 25.1 Å². The van der Waals surface area contributed by atoms with Crippen LogP contribution in [-0.4, -0.2) is 33.8 Å². The van der Waals surface area contributed by atoms with E-state index in [2.05, 4.69) is 20.9 Å². The van der Waals surface area contributed by atoms with E-state index in [0.717, 1.165) is 15.6 Å². The van der Waals surface area contributed by atoms with Crippen LogP contribution >= 0.6 is 15.9 Å². The number of benzene rings is 2. The second-order valence-electron chi connectivity index (χ2n) is 7.46. The zero-order chi connectivity index (χ0) is 22.8. The lowest BCUT2D eigenvalue weighted by Crippen LogP contribution is -2.29. The number of ketones is 1. The average molecular weight is 493 g/mol. The number of aromatic nitrogens is 1. The Labute approximate surface area is 194 Å². The van der Waals surface area contributed by atoms with Gasteiger partial charge in [0.25, 0.3) is 11.7 Å². The highest BCUT2D eigenvalue weighted by Gasteiger charge is 2.46. The number of pyridine rings is 1. The molecular formula is C25H21BrN2O4. The van der Waals surface area contributed by atoms with Crippen molar-refractivity contribution in [2.24, 2.45) is 0 Å². The van der Waals surface area contributed by atoms with E-state index < -0.39 is 17.7 Å². The molecule has 1 fully saturated rings. The van der Waals surface area contributed by atoms with E-state index in [1.54, 1.807) is 55.8 Å². The highest BCUT2D eigenvalue weighted by Crippen LogP contribution is 2.40. The second-order valence-corrected chi connectivity index (χ2v) is 8.31. The number of para-hydroxylation sites is 1. The number of halogens is 1. The molecule has 2 aromatic carbocycles. The van der Waals surface area contributed by atoms with Crippen molar-refractivity contribution in [2.45, 2.75) is 19.5 Å². The minimum absolute atomic E-state index is 0.0188. The predicted molar refractivity (Wildman–Crippen MR) is 124 cm³/mol. The summed E-state index contributed by atoms with van der Waals surface area (Å²) in [6.07, 6.45) is 1.60. The van der Waals surface area contributed by atoms with Crippen LogP contribution in [0.4, 0.5) is 0 Å². The molecule has 7 heteroatoms. The summed E-state index contributed by atoms with van der Waals surface area (Å²) >= 11 is 3.44. The first-order valence-electron chi connectivity index (χ1n) is 10.00. The first-order valence-corrected chi connectivity index (χ1v) is 10.8. The first-order chi connectivity index (χ1) is 15.4. The quantitative estimate of drug-likeness (QED) is 0.314. The number of aryl methyl sites for hydroxylation is 1. The normalized spacial score (nSPS) is 17.6. The summed E-state index contributed by atoms with van der Waals surface area (Å²) < 4.78 is 6.30. The van der Waals surface area contributed by atoms with Gasteiger partial charge in [-0.3, -0.25) is 14.6 Å². The molecule has 2 heterocycles. The van der Waals surface area contributed by atoms with Gasteiger partial charge in [-0.2, -0.15) is 0 Å². The number of carbonyl (C=O) groups is 2. The molecule has 1 unspecified atom stereocenters. The van der Waals surface area contributed by atoms with Crippen molar-refractivity contribution in [1.29, 1.82) is 0 Å². The molecule has 1 N–H and O–H groups in total. The lowest BCUT2D eigenvalue weighted by atomic mass is 9.97. The zero-order valence-corrected chi connectivity index (χ0v) is 19.2. The van der Waals surface area contributed by atoms with Gasteiger partial charge in [0, 0.05) is 21.8 Å². The number of nitrogens with zero attached hydrogens (tertiary/aromatic N) is 2. The van der Waals surface area contributed by atoms with E-state index in [1.165, 1.54) is 4.90 Å². The second kappa shape index (κ2) is 8.96. The molecule has 1 aliphatic rings. The number of aliphatic hydroxyl groups excluding tert-OH is 1. The Morgan fingerprint density at radius 1 is 1.12 bits per heavy atom. The van der Waals surface area contributed by atoms with Gasteiger partial charge in [0.05, 0.1) is 24.9 Å². The number of carbonyl (C=O) groups excluding carboxylic acids is 2. The van der Waals surface area contributed by atoms with E-state index in [-0.39, 0.29) is 17.9 Å². The van der Waals surface area contributed by atoms with Gasteiger partial charge in [-0.05, 0) is 42.8 Å². The minimum atomic E-state index is -0.829. The number of aliphatic hydroxyl groups is 1. The topological polar surface area (TPSA) is 79.7 Å². The smallest absolute Gasteiger partial charge is 0.296 e. The predicted octanol–water partition coefficient (Wildman–Crippen LogP) is 4.78. The third kappa shape index (κ3) is 3.91. The van der Waals surface area contributed by atoms with Gasteiger partial charge in [0.2, 0.25) is 0 Å². The molecule has 0 saturated carbocycles. The monoisotopic (exact) mass is 492 g/mol. The fourth-order valence-corrected chi connectivity index (χ4v) is 4.10. The van der Waals surface area contributed by atoms with Crippen LogP contribution in [0.5, 0.6) is 5.75 Å². The molecule has 162 valence electrons. The van der Waals surface area contributed by atoms with Crippen LogP contribution in [0.3, 0.4) is 0 Å². The molecule has 0 spiro atoms. The summed E-state index contributed by atoms with van der Waals surface area (Å²) in [7, 11) is 1.55. The SMILES string of the molecule is COc1ccccc1CN1C(=O)C(=O)/C(=C(\O)c2ccc(Br)c(C)c2)C1c1ccccn1. The van der Waals surface area contributed by atoms with Crippen molar-refractivity contribution in [2.75, 3.05) is 7.11 Å². The Hall–Kier alpha value is -3.45. The summed E-state index contributed by atoms with van der Waals surface area (Å²) in [5.74, 6) is -1.05. The van der Waals surface area contributed by atoms with E-state index >= 15 is 0 Å². The Morgan fingerprint density at radius 2 is 1.88 bits per heavy atom. The molecule has 0 bridgehead atoms. The van der Waals surface area contributed by atoms with Crippen LogP contribution < -0.4 is 4.74 Å². The van der Waals surface area contributed by atoms with Gasteiger partial charge in [-0.15, -0.1) is 0 Å². The number of hydrogen-bond acceptors (Lipinski definition) is 5. The van der Waals surface area contributed by atoms with Gasteiger partial charge in [0.1, 0.15) is 17.6 Å². The van der Waals surface area contributed by atoms with E-state index in [9.17, 15) is 14.7 Å². The number of rotatable bonds is 5. The number of likely N-dealkylation sites (tertiary alicyclic amines) is 1. The standard InChI is InChI=1S/C25H21BrN2O4/c1-15-13-16(10-11-18(15)26)23(29)21-22(19-8-5-6-12-27-19)28(25(31)24(21)30)14-17-7-3-4-9-20(17)32-2/h3-13,22,29H,14H2,1-2H3/b23-21-. The summed E-state index contributed by atoms with van der Waals surface area (Å²) in [5, 5.41) is 11.2. The molecule has 32 heavy (non-hydrogen) atoms. The molecular weight excluding hydrogens is 472 g/mol. The Balaban J connectivity index is 1.87. The van der Waals surface area contributed by atoms with Crippen LogP contribution in [0.2, 0.25) is 0 Å². The minimum Gasteiger partial charge on any atom is -0.507 e. The molecule has 6 nitrogen and oxygen atoms in total. The van der Waals surface area contributed by atoms with Crippen molar-refractivity contribution >= 4 is 33.4 Å². The molecule has 0 aliphatic carbocycles. The molecule has 1 amide bonds. The summed E-state index contributed by atoms with van der Waals surface area (Å²) in [6.45, 7) is 2.02. The van der Waals surface area contributed by atoms with Gasteiger partial charge in [-0.25, -0.2) is 0 Å². The van der Waals surface area contributed by atoms with E-state index in [0.29, 0.717) is 17.0 Å². The number of Topliss-reactive ketones (excluding diaryl/α,β-unsaturated/α-hetero) is 1. The zero-order valence-electron chi connectivity index (χ0n) is 17.6. The van der Waals surface area contributed by atoms with Crippen LogP contribution in [0.25, 0.3) is 5.76 Å². The maximum Gasteiger partial charge on any atom is 0.296 e. The van der Waals surface area contributed by atoms with Crippen LogP contribution in [-0.2, 0) is 16.1 Å². The van der Waals surface area contributed by atoms with Crippen molar-refractivity contribution < 1.29 is 19.4 Å². The lowest BCUT2D eigenvalue weighted by Gasteiger charge is -2.25. The molecule has 1 atom stereocenters. The number of methoxy groups -OCH3 is 1. The molecule has 1 aromatic heterocycles. The summed E-state index contributed by atoms with van der Waals surface area (Å²) in [5.41, 5.74) is 2.62. The first kappa shape index (κ1) is 21.8. The van der Waals surface area contributed by atoms with Crippen molar-refractivity contribution in [3.8, 4) is 5.75 Å². The van der Waals surface area contributed by atoms with Crippen molar-refractivity contribution in [3.63, 3.8) is 0 Å². The van der Waals surface area contributed by atoms with Gasteiger partial charge < -0.3 is 14.7 Å². The maximum atomic E-state index is 13.1. The highest BCUT2D eigenvalue weighted by molar-refractivity contribution is 9.10. The largest absolute Gasteiger partial charge is 0.507 e. The molecule has 4 rings (SSSR count). The molecule has 3 aromatic rings. The van der Waals surface area contributed by atoms with Crippen LogP contribution in [0, 0.1) is 6.92 Å². The maximum absolute atomic E-state index is 13.1. The van der Waals surface area contributed by atoms with Gasteiger partial charge >= 0.3 is 0 Å². The third-order valence-corrected chi connectivity index (χ3v) is 6.36. The van der Waals surface area contributed by atoms with Crippen molar-refractivity contribution in [1.82, 2.24) is 9.88 Å². The molecule has 1 aliphatic heterocycles. The van der Waals surface area contributed by atoms with Crippen LogP contribution in [0.1, 0.15) is 28.4 Å². The fourth-order valence-electron chi connectivity index (χ4n) is 3.85. The fraction of sp³-hybridized carbons (Fsp3) is 0.160. The van der Waals surface area contributed by atoms with E-state index in [4.69, 9.17) is 4.74 Å². The number of amides is 1. The lowest BCUT2D eigenvalue weighted by molar-refractivity contribution is -0.140. The summed E-state index contributed by atoms with van der Waals surface area (Å²) in [4.78, 5) is 32.1. The average Bonchev–Trinajstić information content (AvgIpc) is 3.06. The summed E-state index contributed by atoms with van der Waals surface area (Å²) in [6, 6.07) is 17.0. The van der Waals surface area contributed by atoms with Gasteiger partial charge in [0.15, 0.2) is 0 Å². The third-order valence-electron chi connectivity index (χ3n) is 5.47. The Morgan fingerprint density at radius 3 is 2.56 bits per heavy atom. The Bertz CT molecular complexity index is 1220. The van der Waals surface area contributed by atoms with Crippen molar-refractivity contribution in [3.05, 3.63) is 99.3 Å². The number of hydrogen-bond donors (Lipinski definition) is 1. The molecule has 1 saturated heterocycles. The number of ether oxygens (including phenoxy) is 1. The molecule has 0 radical (unpaired) electrons. The van der Waals surface area contributed by atoms with Gasteiger partial charge in [-0.1, -0.05) is 46.3 Å². The Kier molecular flexibility index (Phi) is 6.10. The van der Waals surface area contributed by atoms with Crippen LogP contribution in [0.15, 0.2) is 76.9 Å².